The van der Waals surface area contributed by atoms with Crippen LogP contribution in [-0.4, -0.2) is 47.6 Å². The van der Waals surface area contributed by atoms with Crippen LogP contribution in [-0.2, 0) is 9.59 Å². The number of rotatable bonds is 5. The largest absolute Gasteiger partial charge is 0.481 e. The van der Waals surface area contributed by atoms with Gasteiger partial charge in [0.2, 0.25) is 5.91 Å². The number of hydrogen-bond acceptors (Lipinski definition) is 3. The molecule has 92 valence electrons. The maximum Gasteiger partial charge on any atom is 0.307 e. The summed E-state index contributed by atoms with van der Waals surface area (Å²) in [6, 6.07) is 0.165. The molecule has 0 bridgehead atoms. The lowest BCUT2D eigenvalue weighted by Crippen LogP contribution is -2.33. The quantitative estimate of drug-likeness (QED) is 0.710. The van der Waals surface area contributed by atoms with Crippen LogP contribution < -0.4 is 5.32 Å². The highest BCUT2D eigenvalue weighted by Gasteiger charge is 2.27. The molecule has 0 saturated carbocycles. The fourth-order valence-corrected chi connectivity index (χ4v) is 1.89. The topological polar surface area (TPSA) is 69.6 Å². The number of hydrogen-bond donors (Lipinski definition) is 2. The van der Waals surface area contributed by atoms with Crippen molar-refractivity contribution >= 4 is 11.9 Å². The minimum absolute atomic E-state index is 0.0359. The van der Waals surface area contributed by atoms with E-state index in [-0.39, 0.29) is 17.9 Å². The molecule has 1 rings (SSSR count). The highest BCUT2D eigenvalue weighted by atomic mass is 16.4. The summed E-state index contributed by atoms with van der Waals surface area (Å²) >= 11 is 0. The molecule has 1 aliphatic heterocycles. The number of carboxylic acid groups (broad SMARTS) is 1. The van der Waals surface area contributed by atoms with Crippen molar-refractivity contribution in [3.8, 4) is 0 Å². The van der Waals surface area contributed by atoms with Gasteiger partial charge in [-0.2, -0.15) is 0 Å². The van der Waals surface area contributed by atoms with Crippen molar-refractivity contribution < 1.29 is 14.7 Å². The molecule has 1 aliphatic rings. The molecule has 0 aromatic heterocycles. The van der Waals surface area contributed by atoms with E-state index in [4.69, 9.17) is 5.11 Å². The Morgan fingerprint density at radius 2 is 2.19 bits per heavy atom. The summed E-state index contributed by atoms with van der Waals surface area (Å²) in [6.45, 7) is 5.86. The van der Waals surface area contributed by atoms with E-state index in [0.29, 0.717) is 25.9 Å². The maximum absolute atomic E-state index is 11.4. The van der Waals surface area contributed by atoms with Gasteiger partial charge in [-0.3, -0.25) is 9.59 Å². The van der Waals surface area contributed by atoms with Crippen LogP contribution in [0.15, 0.2) is 0 Å². The lowest BCUT2D eigenvalue weighted by atomic mass is 10.1. The molecule has 1 heterocycles. The van der Waals surface area contributed by atoms with Crippen molar-refractivity contribution in [1.29, 1.82) is 0 Å². The molecule has 0 spiro atoms. The molecule has 0 radical (unpaired) electrons. The van der Waals surface area contributed by atoms with Crippen molar-refractivity contribution in [2.24, 2.45) is 5.92 Å². The Morgan fingerprint density at radius 3 is 2.69 bits per heavy atom. The van der Waals surface area contributed by atoms with E-state index in [1.165, 1.54) is 0 Å². The van der Waals surface area contributed by atoms with Crippen molar-refractivity contribution in [2.75, 3.05) is 19.6 Å². The molecule has 1 unspecified atom stereocenters. The SMILES string of the molecule is CC(C)NC(=O)CCN1CCC(C(=O)O)C1. The number of nitrogens with one attached hydrogen (secondary N) is 1. The lowest BCUT2D eigenvalue weighted by molar-refractivity contribution is -0.141. The molecule has 0 aliphatic carbocycles. The van der Waals surface area contributed by atoms with Gasteiger partial charge in [-0.25, -0.2) is 0 Å². The van der Waals surface area contributed by atoms with Gasteiger partial charge in [-0.1, -0.05) is 0 Å². The summed E-state index contributed by atoms with van der Waals surface area (Å²) in [5.74, 6) is -0.948. The average molecular weight is 228 g/mol. The molecular formula is C11H20N2O3. The maximum atomic E-state index is 11.4. The molecule has 5 nitrogen and oxygen atoms in total. The van der Waals surface area contributed by atoms with Crippen molar-refractivity contribution in [3.63, 3.8) is 0 Å². The Bertz CT molecular complexity index is 266. The van der Waals surface area contributed by atoms with Crippen LogP contribution in [0.3, 0.4) is 0 Å². The van der Waals surface area contributed by atoms with Crippen molar-refractivity contribution in [1.82, 2.24) is 10.2 Å². The Balaban J connectivity index is 2.20. The minimum atomic E-state index is -0.728. The first-order chi connectivity index (χ1) is 7.49. The standard InChI is InChI=1S/C11H20N2O3/c1-8(2)12-10(14)4-6-13-5-3-9(7-13)11(15)16/h8-9H,3-7H2,1-2H3,(H,12,14)(H,15,16). The normalized spacial score (nSPS) is 21.3. The highest BCUT2D eigenvalue weighted by molar-refractivity contribution is 5.76. The Hall–Kier alpha value is -1.10. The number of amides is 1. The van der Waals surface area contributed by atoms with Gasteiger partial charge in [0.25, 0.3) is 0 Å². The van der Waals surface area contributed by atoms with Crippen LogP contribution in [0, 0.1) is 5.92 Å². The summed E-state index contributed by atoms with van der Waals surface area (Å²) in [5, 5.41) is 11.6. The average Bonchev–Trinajstić information content (AvgIpc) is 2.61. The Kier molecular flexibility index (Phi) is 4.73. The van der Waals surface area contributed by atoms with E-state index < -0.39 is 5.97 Å². The molecule has 1 saturated heterocycles. The fraction of sp³-hybridized carbons (Fsp3) is 0.818. The van der Waals surface area contributed by atoms with E-state index in [0.717, 1.165) is 6.54 Å². The molecule has 0 aromatic rings. The third-order valence-corrected chi connectivity index (χ3v) is 2.73. The zero-order chi connectivity index (χ0) is 12.1. The third kappa shape index (κ3) is 4.18. The van der Waals surface area contributed by atoms with E-state index >= 15 is 0 Å². The van der Waals surface area contributed by atoms with Gasteiger partial charge in [0.05, 0.1) is 5.92 Å². The van der Waals surface area contributed by atoms with Crippen molar-refractivity contribution in [2.45, 2.75) is 32.7 Å². The predicted molar refractivity (Wildman–Crippen MR) is 60.1 cm³/mol. The van der Waals surface area contributed by atoms with E-state index in [2.05, 4.69) is 5.32 Å². The van der Waals surface area contributed by atoms with Crippen LogP contribution in [0.5, 0.6) is 0 Å². The van der Waals surface area contributed by atoms with Crippen LogP contribution in [0.25, 0.3) is 0 Å². The second kappa shape index (κ2) is 5.84. The van der Waals surface area contributed by atoms with E-state index in [1.54, 1.807) is 0 Å². The highest BCUT2D eigenvalue weighted by Crippen LogP contribution is 2.16. The molecule has 1 fully saturated rings. The van der Waals surface area contributed by atoms with Crippen LogP contribution in [0.1, 0.15) is 26.7 Å². The molecule has 0 aromatic carbocycles. The molecule has 2 N–H and O–H groups in total. The first-order valence-electron chi connectivity index (χ1n) is 5.73. The summed E-state index contributed by atoms with van der Waals surface area (Å²) in [5.41, 5.74) is 0. The third-order valence-electron chi connectivity index (χ3n) is 2.73. The van der Waals surface area contributed by atoms with Crippen molar-refractivity contribution in [3.05, 3.63) is 0 Å². The zero-order valence-corrected chi connectivity index (χ0v) is 9.90. The second-order valence-corrected chi connectivity index (χ2v) is 4.60. The first kappa shape index (κ1) is 13.0. The molecule has 1 amide bonds. The zero-order valence-electron chi connectivity index (χ0n) is 9.90. The Labute approximate surface area is 95.8 Å². The summed E-state index contributed by atoms with van der Waals surface area (Å²) in [6.07, 6.45) is 1.14. The molecule has 16 heavy (non-hydrogen) atoms. The van der Waals surface area contributed by atoms with E-state index in [1.807, 2.05) is 18.7 Å². The van der Waals surface area contributed by atoms with Gasteiger partial charge in [-0.15, -0.1) is 0 Å². The Morgan fingerprint density at radius 1 is 1.50 bits per heavy atom. The number of nitrogens with zero attached hydrogens (tertiary/aromatic N) is 1. The van der Waals surface area contributed by atoms with Gasteiger partial charge in [0, 0.05) is 25.6 Å². The van der Waals surface area contributed by atoms with E-state index in [9.17, 15) is 9.59 Å². The number of likely N-dealkylation sites (tertiary alicyclic amines) is 1. The van der Waals surface area contributed by atoms with Crippen LogP contribution >= 0.6 is 0 Å². The van der Waals surface area contributed by atoms with Gasteiger partial charge in [-0.05, 0) is 26.8 Å². The fourth-order valence-electron chi connectivity index (χ4n) is 1.89. The van der Waals surface area contributed by atoms with Gasteiger partial charge in [0.15, 0.2) is 0 Å². The predicted octanol–water partition coefficient (Wildman–Crippen LogP) is 0.308. The summed E-state index contributed by atoms with van der Waals surface area (Å²) < 4.78 is 0. The van der Waals surface area contributed by atoms with Gasteiger partial charge >= 0.3 is 5.97 Å². The molecular weight excluding hydrogens is 208 g/mol. The summed E-state index contributed by atoms with van der Waals surface area (Å²) in [7, 11) is 0. The number of carbonyl (C=O) groups is 2. The summed E-state index contributed by atoms with van der Waals surface area (Å²) in [4.78, 5) is 24.1. The van der Waals surface area contributed by atoms with Gasteiger partial charge < -0.3 is 15.3 Å². The number of aliphatic carboxylic acids is 1. The number of carboxylic acids is 1. The molecule has 1 atom stereocenters. The van der Waals surface area contributed by atoms with Gasteiger partial charge in [0.1, 0.15) is 0 Å². The minimum Gasteiger partial charge on any atom is -0.481 e. The molecule has 5 heteroatoms. The number of carbonyl (C=O) groups excluding carboxylic acids is 1. The monoisotopic (exact) mass is 228 g/mol. The van der Waals surface area contributed by atoms with Crippen LogP contribution in [0.2, 0.25) is 0 Å². The smallest absolute Gasteiger partial charge is 0.307 e. The van der Waals surface area contributed by atoms with Crippen LogP contribution in [0.4, 0.5) is 0 Å². The lowest BCUT2D eigenvalue weighted by Gasteiger charge is -2.15. The second-order valence-electron chi connectivity index (χ2n) is 4.60. The first-order valence-corrected chi connectivity index (χ1v) is 5.73.